The summed E-state index contributed by atoms with van der Waals surface area (Å²) in [6.45, 7) is 4.30. The van der Waals surface area contributed by atoms with Crippen LogP contribution in [0.1, 0.15) is 35.8 Å². The average molecular weight is 285 g/mol. The van der Waals surface area contributed by atoms with E-state index in [9.17, 15) is 4.79 Å². The summed E-state index contributed by atoms with van der Waals surface area (Å²) in [6, 6.07) is 8.62. The van der Waals surface area contributed by atoms with Gasteiger partial charge in [0.1, 0.15) is 5.75 Å². The Morgan fingerprint density at radius 2 is 2.05 bits per heavy atom. The fourth-order valence-electron chi connectivity index (χ4n) is 1.97. The van der Waals surface area contributed by atoms with E-state index >= 15 is 0 Å². The van der Waals surface area contributed by atoms with E-state index in [-0.39, 0.29) is 11.9 Å². The fraction of sp³-hybridized carbons (Fsp3) is 0.250. The average Bonchev–Trinajstić information content (AvgIpc) is 2.48. The first-order valence-corrected chi connectivity index (χ1v) is 6.85. The first-order valence-electron chi connectivity index (χ1n) is 6.85. The number of benzene rings is 1. The van der Waals surface area contributed by atoms with Crippen LogP contribution < -0.4 is 15.8 Å². The Bertz CT molecular complexity index is 612. The van der Waals surface area contributed by atoms with Crippen molar-refractivity contribution in [3.63, 3.8) is 0 Å². The molecule has 0 radical (unpaired) electrons. The van der Waals surface area contributed by atoms with Crippen LogP contribution in [0.2, 0.25) is 0 Å². The maximum Gasteiger partial charge on any atom is 0.255 e. The number of nitrogens with two attached hydrogens (primary N) is 1. The van der Waals surface area contributed by atoms with Crippen LogP contribution in [-0.4, -0.2) is 17.5 Å². The first kappa shape index (κ1) is 15.0. The molecule has 1 amide bonds. The number of rotatable bonds is 5. The topological polar surface area (TPSA) is 77.2 Å². The number of hydrogen-bond donors (Lipinski definition) is 2. The highest BCUT2D eigenvalue weighted by Gasteiger charge is 2.13. The lowest BCUT2D eigenvalue weighted by atomic mass is 10.0. The van der Waals surface area contributed by atoms with Crippen LogP contribution in [0.15, 0.2) is 42.7 Å². The lowest BCUT2D eigenvalue weighted by molar-refractivity contribution is 0.102. The van der Waals surface area contributed by atoms with Gasteiger partial charge in [-0.1, -0.05) is 6.07 Å². The molecule has 1 atom stereocenters. The van der Waals surface area contributed by atoms with Crippen molar-refractivity contribution < 1.29 is 9.53 Å². The molecule has 2 aromatic rings. The molecule has 5 nitrogen and oxygen atoms in total. The SMILES string of the molecule is CCOc1cc(C(=O)Nc2ccncc2)ccc1C(C)N. The third-order valence-electron chi connectivity index (χ3n) is 3.00. The van der Waals surface area contributed by atoms with Crippen LogP contribution in [-0.2, 0) is 0 Å². The number of pyridine rings is 1. The van der Waals surface area contributed by atoms with Gasteiger partial charge in [0.15, 0.2) is 0 Å². The minimum Gasteiger partial charge on any atom is -0.494 e. The van der Waals surface area contributed by atoms with E-state index in [2.05, 4.69) is 10.3 Å². The summed E-state index contributed by atoms with van der Waals surface area (Å²) < 4.78 is 5.57. The van der Waals surface area contributed by atoms with Gasteiger partial charge in [0.2, 0.25) is 0 Å². The Labute approximate surface area is 124 Å². The molecular formula is C16H19N3O2. The number of aromatic nitrogens is 1. The molecule has 1 aromatic heterocycles. The van der Waals surface area contributed by atoms with Crippen LogP contribution in [0.4, 0.5) is 5.69 Å². The summed E-state index contributed by atoms with van der Waals surface area (Å²) in [5.74, 6) is 0.452. The maximum atomic E-state index is 12.2. The summed E-state index contributed by atoms with van der Waals surface area (Å²) in [5.41, 5.74) is 8.02. The van der Waals surface area contributed by atoms with Gasteiger partial charge in [0, 0.05) is 35.2 Å². The summed E-state index contributed by atoms with van der Waals surface area (Å²) in [4.78, 5) is 16.1. The lowest BCUT2D eigenvalue weighted by Crippen LogP contribution is -2.14. The Morgan fingerprint density at radius 3 is 2.67 bits per heavy atom. The number of ether oxygens (including phenoxy) is 1. The number of carbonyl (C=O) groups is 1. The minimum atomic E-state index is -0.196. The zero-order valence-electron chi connectivity index (χ0n) is 12.2. The van der Waals surface area contributed by atoms with Gasteiger partial charge in [-0.3, -0.25) is 9.78 Å². The monoisotopic (exact) mass is 285 g/mol. The van der Waals surface area contributed by atoms with E-state index in [1.807, 2.05) is 19.9 Å². The molecule has 1 aromatic carbocycles. The molecule has 110 valence electrons. The standard InChI is InChI=1S/C16H19N3O2/c1-3-21-15-10-12(4-5-14(15)11(2)17)16(20)19-13-6-8-18-9-7-13/h4-11H,3,17H2,1-2H3,(H,18,19,20). The van der Waals surface area contributed by atoms with Gasteiger partial charge in [0.25, 0.3) is 5.91 Å². The third kappa shape index (κ3) is 3.79. The highest BCUT2D eigenvalue weighted by atomic mass is 16.5. The summed E-state index contributed by atoms with van der Waals surface area (Å²) in [7, 11) is 0. The molecule has 0 saturated heterocycles. The van der Waals surface area contributed by atoms with Crippen LogP contribution in [0.5, 0.6) is 5.75 Å². The van der Waals surface area contributed by atoms with Gasteiger partial charge in [0.05, 0.1) is 6.61 Å². The molecule has 0 aliphatic carbocycles. The number of amides is 1. The predicted octanol–water partition coefficient (Wildman–Crippen LogP) is 2.75. The van der Waals surface area contributed by atoms with Crippen molar-refractivity contribution >= 4 is 11.6 Å². The van der Waals surface area contributed by atoms with E-state index in [0.717, 1.165) is 5.56 Å². The fourth-order valence-corrected chi connectivity index (χ4v) is 1.97. The first-order chi connectivity index (χ1) is 10.1. The van der Waals surface area contributed by atoms with Crippen molar-refractivity contribution in [1.29, 1.82) is 0 Å². The summed E-state index contributed by atoms with van der Waals surface area (Å²) in [5, 5.41) is 2.81. The van der Waals surface area contributed by atoms with E-state index < -0.39 is 0 Å². The molecule has 3 N–H and O–H groups in total. The summed E-state index contributed by atoms with van der Waals surface area (Å²) >= 11 is 0. The maximum absolute atomic E-state index is 12.2. The smallest absolute Gasteiger partial charge is 0.255 e. The highest BCUT2D eigenvalue weighted by Crippen LogP contribution is 2.25. The van der Waals surface area contributed by atoms with E-state index in [1.54, 1.807) is 36.7 Å². The molecule has 2 rings (SSSR count). The second-order valence-corrected chi connectivity index (χ2v) is 4.66. The normalized spacial score (nSPS) is 11.8. The predicted molar refractivity (Wildman–Crippen MR) is 82.4 cm³/mol. The molecule has 0 aliphatic heterocycles. The van der Waals surface area contributed by atoms with Crippen LogP contribution in [0.25, 0.3) is 0 Å². The van der Waals surface area contributed by atoms with Crippen LogP contribution in [0, 0.1) is 0 Å². The molecule has 21 heavy (non-hydrogen) atoms. The molecule has 0 aliphatic rings. The molecule has 0 spiro atoms. The summed E-state index contributed by atoms with van der Waals surface area (Å²) in [6.07, 6.45) is 3.25. The number of nitrogens with one attached hydrogen (secondary N) is 1. The van der Waals surface area contributed by atoms with E-state index in [4.69, 9.17) is 10.5 Å². The van der Waals surface area contributed by atoms with E-state index in [1.165, 1.54) is 0 Å². The molecule has 0 bridgehead atoms. The van der Waals surface area contributed by atoms with Crippen LogP contribution in [0.3, 0.4) is 0 Å². The molecule has 5 heteroatoms. The van der Waals surface area contributed by atoms with Gasteiger partial charge in [-0.2, -0.15) is 0 Å². The van der Waals surface area contributed by atoms with Gasteiger partial charge in [-0.15, -0.1) is 0 Å². The number of anilines is 1. The molecular weight excluding hydrogens is 266 g/mol. The van der Waals surface area contributed by atoms with Crippen molar-refractivity contribution in [2.75, 3.05) is 11.9 Å². The van der Waals surface area contributed by atoms with Gasteiger partial charge in [-0.25, -0.2) is 0 Å². The highest BCUT2D eigenvalue weighted by molar-refractivity contribution is 6.04. The second-order valence-electron chi connectivity index (χ2n) is 4.66. The van der Waals surface area contributed by atoms with Gasteiger partial charge < -0.3 is 15.8 Å². The van der Waals surface area contributed by atoms with E-state index in [0.29, 0.717) is 23.6 Å². The quantitative estimate of drug-likeness (QED) is 0.885. The minimum absolute atomic E-state index is 0.149. The van der Waals surface area contributed by atoms with Crippen LogP contribution >= 0.6 is 0 Å². The Morgan fingerprint density at radius 1 is 1.33 bits per heavy atom. The van der Waals surface area contributed by atoms with Gasteiger partial charge in [-0.05, 0) is 38.1 Å². The molecule has 0 fully saturated rings. The third-order valence-corrected chi connectivity index (χ3v) is 3.00. The second kappa shape index (κ2) is 6.85. The number of nitrogens with zero attached hydrogens (tertiary/aromatic N) is 1. The van der Waals surface area contributed by atoms with Crippen molar-refractivity contribution in [2.45, 2.75) is 19.9 Å². The van der Waals surface area contributed by atoms with Crippen molar-refractivity contribution in [3.05, 3.63) is 53.9 Å². The van der Waals surface area contributed by atoms with Crippen molar-refractivity contribution in [1.82, 2.24) is 4.98 Å². The van der Waals surface area contributed by atoms with Gasteiger partial charge >= 0.3 is 0 Å². The van der Waals surface area contributed by atoms with Crippen molar-refractivity contribution in [3.8, 4) is 5.75 Å². The number of carbonyl (C=O) groups excluding carboxylic acids is 1. The molecule has 1 unspecified atom stereocenters. The zero-order chi connectivity index (χ0) is 15.2. The Kier molecular flexibility index (Phi) is 4.90. The van der Waals surface area contributed by atoms with Crippen molar-refractivity contribution in [2.24, 2.45) is 5.73 Å². The number of hydrogen-bond acceptors (Lipinski definition) is 4. The Hall–Kier alpha value is -2.40. The lowest BCUT2D eigenvalue weighted by Gasteiger charge is -2.14. The largest absolute Gasteiger partial charge is 0.494 e. The Balaban J connectivity index is 2.23. The molecule has 0 saturated carbocycles. The zero-order valence-corrected chi connectivity index (χ0v) is 12.2. The molecule has 1 heterocycles.